The summed E-state index contributed by atoms with van der Waals surface area (Å²) in [5.41, 5.74) is 2.77. The first-order valence-corrected chi connectivity index (χ1v) is 9.50. The number of rotatable bonds is 5. The van der Waals surface area contributed by atoms with Crippen molar-refractivity contribution in [2.45, 2.75) is 32.7 Å². The topological polar surface area (TPSA) is 61.4 Å². The number of hydrogen-bond donors (Lipinski definition) is 2. The number of piperidine rings is 1. The maximum absolute atomic E-state index is 12.5. The van der Waals surface area contributed by atoms with Gasteiger partial charge in [-0.1, -0.05) is 30.3 Å². The van der Waals surface area contributed by atoms with Gasteiger partial charge in [-0.15, -0.1) is 0 Å². The van der Waals surface area contributed by atoms with Gasteiger partial charge in [-0.2, -0.15) is 0 Å². The summed E-state index contributed by atoms with van der Waals surface area (Å²) in [6.07, 6.45) is 1.53. The first-order chi connectivity index (χ1) is 13.0. The van der Waals surface area contributed by atoms with Gasteiger partial charge < -0.3 is 10.6 Å². The highest BCUT2D eigenvalue weighted by atomic mass is 16.2. The van der Waals surface area contributed by atoms with Crippen molar-refractivity contribution < 1.29 is 9.59 Å². The minimum absolute atomic E-state index is 0.00603. The monoisotopic (exact) mass is 365 g/mol. The van der Waals surface area contributed by atoms with Gasteiger partial charge in [0, 0.05) is 17.3 Å². The Morgan fingerprint density at radius 1 is 0.963 bits per heavy atom. The lowest BCUT2D eigenvalue weighted by Gasteiger charge is -2.34. The van der Waals surface area contributed by atoms with Crippen LogP contribution in [0.1, 0.15) is 25.3 Å². The molecule has 5 nitrogen and oxygen atoms in total. The third-order valence-electron chi connectivity index (χ3n) is 5.15. The van der Waals surface area contributed by atoms with Crippen molar-refractivity contribution >= 4 is 23.2 Å². The van der Waals surface area contributed by atoms with Crippen LogP contribution in [0.4, 0.5) is 11.4 Å². The molecule has 27 heavy (non-hydrogen) atoms. The van der Waals surface area contributed by atoms with Crippen LogP contribution in [-0.4, -0.2) is 35.8 Å². The van der Waals surface area contributed by atoms with E-state index >= 15 is 0 Å². The molecule has 5 heteroatoms. The fourth-order valence-electron chi connectivity index (χ4n) is 3.45. The number of benzene rings is 2. The van der Waals surface area contributed by atoms with Crippen molar-refractivity contribution in [3.8, 4) is 0 Å². The summed E-state index contributed by atoms with van der Waals surface area (Å²) in [4.78, 5) is 27.1. The Labute approximate surface area is 160 Å². The number of carbonyl (C=O) groups excluding carboxylic acids is 2. The Bertz CT molecular complexity index is 783. The predicted molar refractivity (Wildman–Crippen MR) is 109 cm³/mol. The summed E-state index contributed by atoms with van der Waals surface area (Å²) in [5, 5.41) is 5.97. The van der Waals surface area contributed by atoms with Gasteiger partial charge in [0.15, 0.2) is 0 Å². The largest absolute Gasteiger partial charge is 0.326 e. The number of hydrogen-bond acceptors (Lipinski definition) is 3. The zero-order valence-electron chi connectivity index (χ0n) is 15.9. The summed E-state index contributed by atoms with van der Waals surface area (Å²) in [7, 11) is 0. The molecule has 2 aromatic carbocycles. The summed E-state index contributed by atoms with van der Waals surface area (Å²) in [6.45, 7) is 5.42. The molecule has 142 valence electrons. The standard InChI is InChI=1S/C22H27N3O2/c1-16-7-6-10-20(15-16)24-21(26)17(2)25-13-11-18(12-14-25)22(27)23-19-8-4-3-5-9-19/h3-10,15,17-18H,11-14H2,1-2H3,(H,23,27)(H,24,26). The molecule has 1 aliphatic rings. The van der Waals surface area contributed by atoms with Gasteiger partial charge in [0.2, 0.25) is 11.8 Å². The van der Waals surface area contributed by atoms with Gasteiger partial charge in [0.25, 0.3) is 0 Å². The highest BCUT2D eigenvalue weighted by molar-refractivity contribution is 5.95. The molecule has 1 saturated heterocycles. The van der Waals surface area contributed by atoms with E-state index in [0.29, 0.717) is 0 Å². The first-order valence-electron chi connectivity index (χ1n) is 9.50. The molecule has 0 radical (unpaired) electrons. The molecule has 1 atom stereocenters. The van der Waals surface area contributed by atoms with Crippen LogP contribution in [0.25, 0.3) is 0 Å². The highest BCUT2D eigenvalue weighted by Crippen LogP contribution is 2.21. The second-order valence-corrected chi connectivity index (χ2v) is 7.20. The maximum Gasteiger partial charge on any atom is 0.241 e. The second kappa shape index (κ2) is 8.82. The van der Waals surface area contributed by atoms with Crippen molar-refractivity contribution in [3.63, 3.8) is 0 Å². The molecular weight excluding hydrogens is 338 g/mol. The highest BCUT2D eigenvalue weighted by Gasteiger charge is 2.29. The zero-order valence-corrected chi connectivity index (χ0v) is 15.9. The van der Waals surface area contributed by atoms with Crippen LogP contribution in [0.2, 0.25) is 0 Å². The van der Waals surface area contributed by atoms with Crippen LogP contribution >= 0.6 is 0 Å². The molecule has 1 fully saturated rings. The second-order valence-electron chi connectivity index (χ2n) is 7.20. The summed E-state index contributed by atoms with van der Waals surface area (Å²) in [6, 6.07) is 17.1. The van der Waals surface area contributed by atoms with Crippen LogP contribution in [-0.2, 0) is 9.59 Å². The van der Waals surface area contributed by atoms with Crippen LogP contribution in [0.15, 0.2) is 54.6 Å². The smallest absolute Gasteiger partial charge is 0.241 e. The molecule has 2 amide bonds. The number of aryl methyl sites for hydroxylation is 1. The lowest BCUT2D eigenvalue weighted by atomic mass is 9.94. The molecule has 2 aromatic rings. The normalized spacial score (nSPS) is 16.5. The third kappa shape index (κ3) is 5.17. The Kier molecular flexibility index (Phi) is 6.24. The van der Waals surface area contributed by atoms with Gasteiger partial charge in [-0.25, -0.2) is 0 Å². The van der Waals surface area contributed by atoms with E-state index in [2.05, 4.69) is 15.5 Å². The Morgan fingerprint density at radius 2 is 1.63 bits per heavy atom. The van der Waals surface area contributed by atoms with E-state index in [1.165, 1.54) is 0 Å². The van der Waals surface area contributed by atoms with Crippen LogP contribution < -0.4 is 10.6 Å². The van der Waals surface area contributed by atoms with E-state index in [1.54, 1.807) is 0 Å². The SMILES string of the molecule is Cc1cccc(NC(=O)C(C)N2CCC(C(=O)Nc3ccccc3)CC2)c1. The fourth-order valence-corrected chi connectivity index (χ4v) is 3.45. The van der Waals surface area contributed by atoms with Crippen molar-refractivity contribution in [1.82, 2.24) is 4.90 Å². The lowest BCUT2D eigenvalue weighted by Crippen LogP contribution is -2.47. The molecule has 1 unspecified atom stereocenters. The fraction of sp³-hybridized carbons (Fsp3) is 0.364. The van der Waals surface area contributed by atoms with Crippen LogP contribution in [0.5, 0.6) is 0 Å². The lowest BCUT2D eigenvalue weighted by molar-refractivity contribution is -0.123. The summed E-state index contributed by atoms with van der Waals surface area (Å²) < 4.78 is 0. The third-order valence-corrected chi connectivity index (χ3v) is 5.15. The number of para-hydroxylation sites is 1. The van der Waals surface area contributed by atoms with E-state index < -0.39 is 0 Å². The quantitative estimate of drug-likeness (QED) is 0.850. The zero-order chi connectivity index (χ0) is 19.2. The number of amides is 2. The molecule has 0 aromatic heterocycles. The van der Waals surface area contributed by atoms with Gasteiger partial charge in [0.05, 0.1) is 6.04 Å². The summed E-state index contributed by atoms with van der Waals surface area (Å²) >= 11 is 0. The van der Waals surface area contributed by atoms with E-state index in [-0.39, 0.29) is 23.8 Å². The number of anilines is 2. The maximum atomic E-state index is 12.5. The molecule has 0 bridgehead atoms. The van der Waals surface area contributed by atoms with Gasteiger partial charge in [-0.3, -0.25) is 14.5 Å². The number of carbonyl (C=O) groups is 2. The summed E-state index contributed by atoms with van der Waals surface area (Å²) in [5.74, 6) is 0.0546. The molecule has 3 rings (SSSR count). The molecule has 2 N–H and O–H groups in total. The van der Waals surface area contributed by atoms with E-state index in [4.69, 9.17) is 0 Å². The van der Waals surface area contributed by atoms with Gasteiger partial charge in [-0.05, 0) is 69.6 Å². The van der Waals surface area contributed by atoms with Crippen molar-refractivity contribution in [2.75, 3.05) is 23.7 Å². The average molecular weight is 365 g/mol. The Morgan fingerprint density at radius 3 is 2.30 bits per heavy atom. The minimum Gasteiger partial charge on any atom is -0.326 e. The minimum atomic E-state index is -0.219. The molecule has 1 aliphatic heterocycles. The van der Waals surface area contributed by atoms with E-state index in [0.717, 1.165) is 42.9 Å². The Hall–Kier alpha value is -2.66. The van der Waals surface area contributed by atoms with Crippen LogP contribution in [0.3, 0.4) is 0 Å². The Balaban J connectivity index is 1.49. The molecular formula is C22H27N3O2. The average Bonchev–Trinajstić information content (AvgIpc) is 2.68. The molecule has 0 spiro atoms. The van der Waals surface area contributed by atoms with Crippen molar-refractivity contribution in [1.29, 1.82) is 0 Å². The van der Waals surface area contributed by atoms with E-state index in [1.807, 2.05) is 68.4 Å². The van der Waals surface area contributed by atoms with Crippen molar-refractivity contribution in [3.05, 3.63) is 60.2 Å². The molecule has 0 saturated carbocycles. The number of nitrogens with zero attached hydrogens (tertiary/aromatic N) is 1. The van der Waals surface area contributed by atoms with Gasteiger partial charge >= 0.3 is 0 Å². The van der Waals surface area contributed by atoms with Crippen molar-refractivity contribution in [2.24, 2.45) is 5.92 Å². The molecule has 0 aliphatic carbocycles. The molecule has 1 heterocycles. The van der Waals surface area contributed by atoms with Crippen LogP contribution in [0, 0.1) is 12.8 Å². The predicted octanol–water partition coefficient (Wildman–Crippen LogP) is 3.67. The number of likely N-dealkylation sites (tertiary alicyclic amines) is 1. The number of nitrogens with one attached hydrogen (secondary N) is 2. The van der Waals surface area contributed by atoms with E-state index in [9.17, 15) is 9.59 Å². The first kappa shape index (κ1) is 19.1. The van der Waals surface area contributed by atoms with Gasteiger partial charge in [0.1, 0.15) is 0 Å².